The van der Waals surface area contributed by atoms with Crippen LogP contribution >= 0.6 is 0 Å². The number of imidazole rings is 1. The smallest absolute Gasteiger partial charge is 0.248 e. The van der Waals surface area contributed by atoms with Gasteiger partial charge in [-0.3, -0.25) is 14.5 Å². The third-order valence-electron chi connectivity index (χ3n) is 7.88. The molecule has 41 heavy (non-hydrogen) atoms. The monoisotopic (exact) mass is 554 g/mol. The van der Waals surface area contributed by atoms with Crippen LogP contribution in [0.25, 0.3) is 11.0 Å². The molecule has 0 N–H and O–H groups in total. The molecule has 1 atom stereocenters. The molecule has 8 nitrogen and oxygen atoms in total. The minimum absolute atomic E-state index is 0.0775. The average molecular weight is 555 g/mol. The molecule has 214 valence electrons. The number of hydrogen-bond acceptors (Lipinski definition) is 5. The average Bonchev–Trinajstić information content (AvgIpc) is 3.55. The number of hydrogen-bond donors (Lipinski definition) is 0. The molecule has 1 aliphatic heterocycles. The van der Waals surface area contributed by atoms with Gasteiger partial charge in [0.1, 0.15) is 24.8 Å². The van der Waals surface area contributed by atoms with Gasteiger partial charge in [0.25, 0.3) is 0 Å². The van der Waals surface area contributed by atoms with Crippen LogP contribution in [0.15, 0.2) is 66.7 Å². The van der Waals surface area contributed by atoms with Crippen LogP contribution in [0.3, 0.4) is 0 Å². The second-order valence-corrected chi connectivity index (χ2v) is 10.4. The van der Waals surface area contributed by atoms with Gasteiger partial charge in [0.05, 0.1) is 23.8 Å². The van der Waals surface area contributed by atoms with Crippen LogP contribution in [0.5, 0.6) is 5.75 Å². The van der Waals surface area contributed by atoms with Gasteiger partial charge >= 0.3 is 0 Å². The zero-order chi connectivity index (χ0) is 28.9. The number of para-hydroxylation sites is 3. The molecule has 4 aromatic rings. The van der Waals surface area contributed by atoms with Crippen LogP contribution in [0.4, 0.5) is 5.69 Å². The fourth-order valence-electron chi connectivity index (χ4n) is 5.79. The molecular formula is C33H38N4O4. The molecule has 1 unspecified atom stereocenters. The first-order valence-corrected chi connectivity index (χ1v) is 14.2. The van der Waals surface area contributed by atoms with Crippen molar-refractivity contribution in [3.8, 4) is 5.75 Å². The minimum Gasteiger partial charge on any atom is -0.497 e. The van der Waals surface area contributed by atoms with Crippen molar-refractivity contribution >= 4 is 28.5 Å². The van der Waals surface area contributed by atoms with E-state index in [0.717, 1.165) is 57.8 Å². The predicted octanol–water partition coefficient (Wildman–Crippen LogP) is 5.32. The molecule has 0 spiro atoms. The highest BCUT2D eigenvalue weighted by molar-refractivity contribution is 5.95. The van der Waals surface area contributed by atoms with Crippen LogP contribution in [-0.4, -0.2) is 53.8 Å². The highest BCUT2D eigenvalue weighted by atomic mass is 16.5. The van der Waals surface area contributed by atoms with Gasteiger partial charge in [-0.25, -0.2) is 4.98 Å². The lowest BCUT2D eigenvalue weighted by Gasteiger charge is -2.27. The molecule has 1 aromatic heterocycles. The third kappa shape index (κ3) is 5.84. The van der Waals surface area contributed by atoms with Gasteiger partial charge in [0.15, 0.2) is 0 Å². The summed E-state index contributed by atoms with van der Waals surface area (Å²) >= 11 is 0. The van der Waals surface area contributed by atoms with Crippen molar-refractivity contribution in [1.29, 1.82) is 0 Å². The van der Waals surface area contributed by atoms with Gasteiger partial charge in [-0.05, 0) is 53.8 Å². The Morgan fingerprint density at radius 2 is 1.68 bits per heavy atom. The Hall–Kier alpha value is -4.17. The van der Waals surface area contributed by atoms with E-state index in [1.54, 1.807) is 19.1 Å². The number of aryl methyl sites for hydroxylation is 2. The maximum Gasteiger partial charge on any atom is 0.248 e. The van der Waals surface area contributed by atoms with E-state index in [9.17, 15) is 9.59 Å². The standard InChI is InChI=1S/C33H38N4O4/c1-5-24-10-9-11-25(6-2)32(24)37(22-40-3)31(39)21-36-29-13-8-7-12-28(29)34-33(36)26-18-30(38)35(20-26)19-23-14-16-27(41-4)17-15-23/h7-17,26H,5-6,18-22H2,1-4H3. The molecule has 0 saturated carbocycles. The summed E-state index contributed by atoms with van der Waals surface area (Å²) in [5.74, 6) is 1.44. The van der Waals surface area contributed by atoms with Gasteiger partial charge in [0, 0.05) is 32.5 Å². The number of carbonyl (C=O) groups is 2. The number of ether oxygens (including phenoxy) is 2. The molecule has 1 saturated heterocycles. The molecule has 0 radical (unpaired) electrons. The third-order valence-corrected chi connectivity index (χ3v) is 7.88. The zero-order valence-corrected chi connectivity index (χ0v) is 24.3. The van der Waals surface area contributed by atoms with Crippen molar-refractivity contribution in [2.45, 2.75) is 52.1 Å². The molecule has 2 heterocycles. The highest BCUT2D eigenvalue weighted by Gasteiger charge is 2.35. The Balaban J connectivity index is 1.45. The molecule has 3 aromatic carbocycles. The molecular weight excluding hydrogens is 516 g/mol. The van der Waals surface area contributed by atoms with Crippen LogP contribution in [0, 0.1) is 0 Å². The lowest BCUT2D eigenvalue weighted by Crippen LogP contribution is -2.37. The van der Waals surface area contributed by atoms with E-state index in [-0.39, 0.29) is 31.0 Å². The van der Waals surface area contributed by atoms with E-state index in [0.29, 0.717) is 19.5 Å². The fraction of sp³-hybridized carbons (Fsp3) is 0.364. The summed E-state index contributed by atoms with van der Waals surface area (Å²) in [6.45, 7) is 5.52. The first kappa shape index (κ1) is 28.4. The Morgan fingerprint density at radius 1 is 0.976 bits per heavy atom. The SMILES string of the molecule is CCc1cccc(CC)c1N(COC)C(=O)Cn1c(C2CC(=O)N(Cc3ccc(OC)cc3)C2)nc2ccccc21. The van der Waals surface area contributed by atoms with Crippen LogP contribution in [0.1, 0.15) is 48.7 Å². The molecule has 5 rings (SSSR count). The predicted molar refractivity (Wildman–Crippen MR) is 160 cm³/mol. The van der Waals surface area contributed by atoms with Gasteiger partial charge in [0.2, 0.25) is 11.8 Å². The number of aromatic nitrogens is 2. The molecule has 0 bridgehead atoms. The number of amides is 2. The zero-order valence-electron chi connectivity index (χ0n) is 24.3. The van der Waals surface area contributed by atoms with E-state index in [4.69, 9.17) is 14.5 Å². The number of carbonyl (C=O) groups excluding carboxylic acids is 2. The maximum atomic E-state index is 14.1. The maximum absolute atomic E-state index is 14.1. The van der Waals surface area contributed by atoms with Crippen molar-refractivity contribution in [3.63, 3.8) is 0 Å². The summed E-state index contributed by atoms with van der Waals surface area (Å²) in [6.07, 6.45) is 1.97. The minimum atomic E-state index is -0.119. The van der Waals surface area contributed by atoms with Crippen LogP contribution < -0.4 is 9.64 Å². The molecule has 2 amide bonds. The van der Waals surface area contributed by atoms with Crippen LogP contribution in [-0.2, 0) is 40.3 Å². The van der Waals surface area contributed by atoms with Crippen molar-refractivity contribution < 1.29 is 19.1 Å². The summed E-state index contributed by atoms with van der Waals surface area (Å²) in [7, 11) is 3.25. The largest absolute Gasteiger partial charge is 0.497 e. The van der Waals surface area contributed by atoms with E-state index in [1.165, 1.54) is 0 Å². The quantitative estimate of drug-likeness (QED) is 0.235. The Labute approximate surface area is 241 Å². The summed E-state index contributed by atoms with van der Waals surface area (Å²) in [4.78, 5) is 35.8. The number of nitrogens with zero attached hydrogens (tertiary/aromatic N) is 4. The lowest BCUT2D eigenvalue weighted by molar-refractivity contribution is -0.128. The number of methoxy groups -OCH3 is 2. The van der Waals surface area contributed by atoms with Gasteiger partial charge in [-0.2, -0.15) is 0 Å². The summed E-state index contributed by atoms with van der Waals surface area (Å²) in [5.41, 5.74) is 5.89. The normalized spacial score (nSPS) is 15.1. The first-order chi connectivity index (χ1) is 20.0. The number of rotatable bonds is 11. The summed E-state index contributed by atoms with van der Waals surface area (Å²) in [5, 5.41) is 0. The number of likely N-dealkylation sites (tertiary alicyclic amines) is 1. The summed E-state index contributed by atoms with van der Waals surface area (Å²) in [6, 6.07) is 21.8. The van der Waals surface area contributed by atoms with Gasteiger partial charge in [-0.1, -0.05) is 56.3 Å². The molecule has 1 fully saturated rings. The highest BCUT2D eigenvalue weighted by Crippen LogP contribution is 2.33. The van der Waals surface area contributed by atoms with Crippen LogP contribution in [0.2, 0.25) is 0 Å². The first-order valence-electron chi connectivity index (χ1n) is 14.2. The van der Waals surface area contributed by atoms with E-state index < -0.39 is 0 Å². The Kier molecular flexibility index (Phi) is 8.69. The lowest BCUT2D eigenvalue weighted by atomic mass is 10.0. The van der Waals surface area contributed by atoms with Gasteiger partial charge in [-0.15, -0.1) is 0 Å². The second-order valence-electron chi connectivity index (χ2n) is 10.4. The van der Waals surface area contributed by atoms with Gasteiger partial charge < -0.3 is 18.9 Å². The van der Waals surface area contributed by atoms with E-state index >= 15 is 0 Å². The molecule has 1 aliphatic rings. The van der Waals surface area contributed by atoms with E-state index in [2.05, 4.69) is 26.0 Å². The second kappa shape index (κ2) is 12.6. The topological polar surface area (TPSA) is 76.9 Å². The Morgan fingerprint density at radius 3 is 2.34 bits per heavy atom. The number of anilines is 1. The molecule has 0 aliphatic carbocycles. The van der Waals surface area contributed by atoms with Crippen molar-refractivity contribution in [3.05, 3.63) is 89.2 Å². The summed E-state index contributed by atoms with van der Waals surface area (Å²) < 4.78 is 12.8. The number of benzene rings is 3. The Bertz CT molecular complexity index is 1510. The van der Waals surface area contributed by atoms with Crippen molar-refractivity contribution in [2.24, 2.45) is 0 Å². The van der Waals surface area contributed by atoms with E-state index in [1.807, 2.05) is 64.1 Å². The van der Waals surface area contributed by atoms with Crippen molar-refractivity contribution in [1.82, 2.24) is 14.5 Å². The van der Waals surface area contributed by atoms with Crippen molar-refractivity contribution in [2.75, 3.05) is 32.4 Å². The molecule has 8 heteroatoms. The fourth-order valence-corrected chi connectivity index (χ4v) is 5.79. The number of fused-ring (bicyclic) bond motifs is 1.